The topological polar surface area (TPSA) is 108 Å². The molecule has 1 aromatic rings. The quantitative estimate of drug-likeness (QED) is 0.165. The zero-order valence-corrected chi connectivity index (χ0v) is 23.1. The fraction of sp³-hybridized carbons (Fsp3) is 0.720. The van der Waals surface area contributed by atoms with Crippen LogP contribution in [0.15, 0.2) is 18.2 Å². The first-order chi connectivity index (χ1) is 17.1. The highest BCUT2D eigenvalue weighted by atomic mass is 35.5. The molecule has 1 saturated heterocycles. The van der Waals surface area contributed by atoms with Crippen molar-refractivity contribution >= 4 is 36.5 Å². The Bertz CT molecular complexity index is 797. The number of nitrogens with two attached hydrogens (primary N) is 1. The average Bonchev–Trinajstić information content (AvgIpc) is 2.82. The average molecular weight is 546 g/mol. The van der Waals surface area contributed by atoms with Crippen LogP contribution in [0.3, 0.4) is 0 Å². The molecule has 204 valence electrons. The molecule has 0 radical (unpaired) electrons. The Morgan fingerprint density at radius 3 is 2.36 bits per heavy atom. The number of nitrogens with zero attached hydrogens (tertiary/aromatic N) is 2. The number of unbranched alkanes of at least 4 members (excludes halogenated alkanes) is 1. The van der Waals surface area contributed by atoms with E-state index in [-0.39, 0.29) is 12.6 Å². The van der Waals surface area contributed by atoms with E-state index in [0.717, 1.165) is 57.7 Å². The highest BCUT2D eigenvalue weighted by Gasteiger charge is 2.35. The number of rotatable bonds is 16. The summed E-state index contributed by atoms with van der Waals surface area (Å²) in [4.78, 5) is 17.7. The van der Waals surface area contributed by atoms with Crippen LogP contribution in [-0.4, -0.2) is 84.6 Å². The van der Waals surface area contributed by atoms with Crippen LogP contribution in [0.4, 0.5) is 0 Å². The van der Waals surface area contributed by atoms with Crippen LogP contribution in [0.2, 0.25) is 10.0 Å². The fourth-order valence-electron chi connectivity index (χ4n) is 4.28. The van der Waals surface area contributed by atoms with Crippen LogP contribution in [0, 0.1) is 5.92 Å². The van der Waals surface area contributed by atoms with Crippen molar-refractivity contribution in [1.82, 2.24) is 9.80 Å². The maximum Gasteiger partial charge on any atom is 0.633 e. The zero-order chi connectivity index (χ0) is 26.6. The molecule has 0 aliphatic carbocycles. The van der Waals surface area contributed by atoms with E-state index in [9.17, 15) is 4.79 Å². The summed E-state index contributed by atoms with van der Waals surface area (Å²) in [6, 6.07) is 5.78. The van der Waals surface area contributed by atoms with Gasteiger partial charge in [0.1, 0.15) is 5.54 Å². The minimum atomic E-state index is -1.78. The molecule has 1 aliphatic heterocycles. The number of halogens is 2. The van der Waals surface area contributed by atoms with Crippen LogP contribution in [0.25, 0.3) is 0 Å². The molecular formula is C25H42BCl2N3O5. The Morgan fingerprint density at radius 2 is 1.72 bits per heavy atom. The van der Waals surface area contributed by atoms with Crippen molar-refractivity contribution in [2.24, 2.45) is 11.7 Å². The number of hydrogen-bond donors (Lipinski definition) is 3. The van der Waals surface area contributed by atoms with E-state index in [1.165, 1.54) is 0 Å². The summed E-state index contributed by atoms with van der Waals surface area (Å²) < 4.78 is 10.3. The van der Waals surface area contributed by atoms with Gasteiger partial charge < -0.3 is 30.1 Å². The highest BCUT2D eigenvalue weighted by molar-refractivity contribution is 6.42. The number of piperazine rings is 1. The first-order valence-electron chi connectivity index (χ1n) is 12.9. The molecule has 0 amide bonds. The van der Waals surface area contributed by atoms with Gasteiger partial charge in [-0.2, -0.15) is 0 Å². The van der Waals surface area contributed by atoms with Crippen molar-refractivity contribution in [3.8, 4) is 0 Å². The largest absolute Gasteiger partial charge is 0.633 e. The maximum absolute atomic E-state index is 12.9. The summed E-state index contributed by atoms with van der Waals surface area (Å²) >= 11 is 12.2. The molecule has 0 saturated carbocycles. The third kappa shape index (κ3) is 11.6. The molecule has 1 unspecified atom stereocenters. The van der Waals surface area contributed by atoms with Gasteiger partial charge in [-0.3, -0.25) is 9.69 Å². The molecule has 0 bridgehead atoms. The van der Waals surface area contributed by atoms with E-state index in [4.69, 9.17) is 48.4 Å². The number of ether oxygens (including phenoxy) is 1. The van der Waals surface area contributed by atoms with Crippen molar-refractivity contribution in [1.29, 1.82) is 0 Å². The number of hydrogen-bond acceptors (Lipinski definition) is 8. The zero-order valence-electron chi connectivity index (χ0n) is 21.6. The summed E-state index contributed by atoms with van der Waals surface area (Å²) in [5.74, 6) is 0.0973. The second kappa shape index (κ2) is 16.1. The normalized spacial score (nSPS) is 16.8. The van der Waals surface area contributed by atoms with Gasteiger partial charge in [-0.15, -0.1) is 0 Å². The van der Waals surface area contributed by atoms with Gasteiger partial charge in [0.25, 0.3) is 0 Å². The lowest BCUT2D eigenvalue weighted by Crippen LogP contribution is -2.50. The SMILES string of the molecule is CC(C)CCOC(=O)C(N)(CCCCOB(O)O)CCCN1CCN(Cc2ccc(Cl)c(Cl)c2)CC1. The predicted molar refractivity (Wildman–Crippen MR) is 145 cm³/mol. The van der Waals surface area contributed by atoms with Gasteiger partial charge in [-0.1, -0.05) is 43.1 Å². The molecule has 1 aliphatic rings. The molecule has 11 heteroatoms. The van der Waals surface area contributed by atoms with Gasteiger partial charge >= 0.3 is 13.3 Å². The Morgan fingerprint density at radius 1 is 1.06 bits per heavy atom. The molecule has 2 rings (SSSR count). The van der Waals surface area contributed by atoms with Crippen molar-refractivity contribution < 1.29 is 24.2 Å². The van der Waals surface area contributed by atoms with Crippen LogP contribution >= 0.6 is 23.2 Å². The first-order valence-corrected chi connectivity index (χ1v) is 13.7. The van der Waals surface area contributed by atoms with E-state index >= 15 is 0 Å². The van der Waals surface area contributed by atoms with Gasteiger partial charge in [0.2, 0.25) is 0 Å². The minimum Gasteiger partial charge on any atom is -0.464 e. The molecule has 1 heterocycles. The van der Waals surface area contributed by atoms with Crippen LogP contribution in [0.1, 0.15) is 57.9 Å². The van der Waals surface area contributed by atoms with Gasteiger partial charge in [0.05, 0.1) is 16.7 Å². The van der Waals surface area contributed by atoms with E-state index in [1.54, 1.807) is 0 Å². The first kappa shape index (κ1) is 31.3. The fourth-order valence-corrected chi connectivity index (χ4v) is 4.60. The lowest BCUT2D eigenvalue weighted by atomic mass is 9.88. The number of carbonyl (C=O) groups excluding carboxylic acids is 1. The monoisotopic (exact) mass is 545 g/mol. The standard InChI is InChI=1S/C25H42BCl2N3O5/c1-20(2)8-17-35-24(32)25(29,9-3-4-16-36-26(33)34)10-5-11-30-12-14-31(15-13-30)19-21-6-7-22(27)23(28)18-21/h6-7,18,20,33-34H,3-5,8-17,19,29H2,1-2H3. The molecule has 0 spiro atoms. The second-order valence-corrected chi connectivity index (χ2v) is 10.9. The van der Waals surface area contributed by atoms with Gasteiger partial charge in [0, 0.05) is 39.3 Å². The van der Waals surface area contributed by atoms with Crippen molar-refractivity contribution in [2.45, 2.75) is 64.5 Å². The minimum absolute atomic E-state index is 0.197. The van der Waals surface area contributed by atoms with Gasteiger partial charge in [0.15, 0.2) is 0 Å². The lowest BCUT2D eigenvalue weighted by Gasteiger charge is -2.35. The third-order valence-corrected chi connectivity index (χ3v) is 7.31. The number of esters is 1. The van der Waals surface area contributed by atoms with E-state index in [2.05, 4.69) is 23.6 Å². The molecular weight excluding hydrogens is 504 g/mol. The Labute approximate surface area is 226 Å². The Balaban J connectivity index is 1.78. The summed E-state index contributed by atoms with van der Waals surface area (Å²) in [5.41, 5.74) is 6.69. The molecule has 1 fully saturated rings. The summed E-state index contributed by atoms with van der Waals surface area (Å²) in [6.45, 7) is 10.3. The van der Waals surface area contributed by atoms with Crippen LogP contribution in [0.5, 0.6) is 0 Å². The van der Waals surface area contributed by atoms with Crippen molar-refractivity contribution in [2.75, 3.05) is 45.9 Å². The Kier molecular flexibility index (Phi) is 14.0. The molecule has 4 N–H and O–H groups in total. The lowest BCUT2D eigenvalue weighted by molar-refractivity contribution is -0.151. The predicted octanol–water partition coefficient (Wildman–Crippen LogP) is 3.33. The highest BCUT2D eigenvalue weighted by Crippen LogP contribution is 2.24. The molecule has 1 aromatic carbocycles. The molecule has 0 aromatic heterocycles. The summed E-state index contributed by atoms with van der Waals surface area (Å²) in [7, 11) is -1.78. The molecule has 8 nitrogen and oxygen atoms in total. The Hall–Kier alpha value is -0.905. The summed E-state index contributed by atoms with van der Waals surface area (Å²) in [6.07, 6.45) is 3.83. The number of benzene rings is 1. The van der Waals surface area contributed by atoms with Crippen molar-refractivity contribution in [3.63, 3.8) is 0 Å². The van der Waals surface area contributed by atoms with Crippen molar-refractivity contribution in [3.05, 3.63) is 33.8 Å². The van der Waals surface area contributed by atoms with E-state index < -0.39 is 12.9 Å². The van der Waals surface area contributed by atoms with E-state index in [0.29, 0.717) is 48.3 Å². The van der Waals surface area contributed by atoms with Gasteiger partial charge in [-0.25, -0.2) is 0 Å². The third-order valence-electron chi connectivity index (χ3n) is 6.57. The van der Waals surface area contributed by atoms with Crippen LogP contribution in [-0.2, 0) is 20.7 Å². The second-order valence-electron chi connectivity index (χ2n) is 10.1. The smallest absolute Gasteiger partial charge is 0.464 e. The molecule has 36 heavy (non-hydrogen) atoms. The maximum atomic E-state index is 12.9. The molecule has 1 atom stereocenters. The van der Waals surface area contributed by atoms with Crippen LogP contribution < -0.4 is 5.73 Å². The number of carbonyl (C=O) groups is 1. The summed E-state index contributed by atoms with van der Waals surface area (Å²) in [5, 5.41) is 18.8. The van der Waals surface area contributed by atoms with E-state index in [1.807, 2.05) is 18.2 Å². The van der Waals surface area contributed by atoms with Gasteiger partial charge in [-0.05, 0) is 68.7 Å².